The third-order valence-electron chi connectivity index (χ3n) is 4.09. The topological polar surface area (TPSA) is 102 Å². The molecule has 4 aromatic heterocycles. The lowest BCUT2D eigenvalue weighted by Gasteiger charge is -2.00. The predicted octanol–water partition coefficient (Wildman–Crippen LogP) is 2.45. The van der Waals surface area contributed by atoms with Crippen LogP contribution in [0.15, 0.2) is 43.0 Å². The van der Waals surface area contributed by atoms with E-state index < -0.39 is 0 Å². The Morgan fingerprint density at radius 3 is 2.96 bits per heavy atom. The van der Waals surface area contributed by atoms with Gasteiger partial charge in [0.2, 0.25) is 5.95 Å². The minimum absolute atomic E-state index is 0.495. The van der Waals surface area contributed by atoms with Crippen molar-refractivity contribution < 1.29 is 0 Å². The fourth-order valence-electron chi connectivity index (χ4n) is 2.96. The molecular weight excluding hydrogens is 330 g/mol. The van der Waals surface area contributed by atoms with Crippen LogP contribution in [0.3, 0.4) is 0 Å². The normalized spacial score (nSPS) is 11.5. The van der Waals surface area contributed by atoms with E-state index >= 15 is 0 Å². The van der Waals surface area contributed by atoms with E-state index in [0.29, 0.717) is 11.6 Å². The fourth-order valence-corrected chi connectivity index (χ4v) is 2.96. The maximum atomic E-state index is 4.59. The zero-order valence-electron chi connectivity index (χ0n) is 14.2. The number of H-pyrrole nitrogens is 1. The average molecular weight is 345 g/mol. The maximum Gasteiger partial charge on any atom is 0.247 e. The van der Waals surface area contributed by atoms with Gasteiger partial charge in [-0.05, 0) is 25.1 Å². The summed E-state index contributed by atoms with van der Waals surface area (Å²) in [7, 11) is 1.87. The molecule has 0 saturated carbocycles. The van der Waals surface area contributed by atoms with E-state index in [-0.39, 0.29) is 0 Å². The number of nitrogens with zero attached hydrogens (tertiary/aromatic N) is 7. The van der Waals surface area contributed by atoms with Crippen molar-refractivity contribution in [1.29, 1.82) is 0 Å². The van der Waals surface area contributed by atoms with E-state index in [4.69, 9.17) is 0 Å². The van der Waals surface area contributed by atoms with Crippen molar-refractivity contribution in [3.05, 3.63) is 48.8 Å². The highest BCUT2D eigenvalue weighted by Crippen LogP contribution is 2.23. The summed E-state index contributed by atoms with van der Waals surface area (Å²) in [5, 5.41) is 11.9. The molecule has 26 heavy (non-hydrogen) atoms. The standard InChI is InChI=1S/C17H15N9/c1-10-20-13-4-3-12(7-14(13)21-10)22-17-23-16-15(11-8-19-25(2)9-11)18-5-6-26(16)24-17/h3-9H,1-2H3,(H,20,21)(H,22,24). The Kier molecular flexibility index (Phi) is 3.02. The summed E-state index contributed by atoms with van der Waals surface area (Å²) in [5.74, 6) is 1.38. The van der Waals surface area contributed by atoms with Crippen LogP contribution in [0, 0.1) is 6.92 Å². The number of nitrogens with one attached hydrogen (secondary N) is 2. The first kappa shape index (κ1) is 14.6. The number of rotatable bonds is 3. The first-order chi connectivity index (χ1) is 12.7. The third kappa shape index (κ3) is 2.37. The van der Waals surface area contributed by atoms with Gasteiger partial charge in [-0.15, -0.1) is 5.10 Å². The number of anilines is 2. The van der Waals surface area contributed by atoms with Crippen molar-refractivity contribution in [3.8, 4) is 11.3 Å². The summed E-state index contributed by atoms with van der Waals surface area (Å²) in [6, 6.07) is 5.91. The Balaban J connectivity index is 1.54. The SMILES string of the molecule is Cc1nc2cc(Nc3nc4c(-c5cnn(C)c5)nccn4n3)ccc2[nH]1. The van der Waals surface area contributed by atoms with Crippen molar-refractivity contribution in [1.82, 2.24) is 39.3 Å². The molecule has 128 valence electrons. The molecule has 0 fully saturated rings. The zero-order chi connectivity index (χ0) is 17.7. The van der Waals surface area contributed by atoms with E-state index in [1.54, 1.807) is 27.8 Å². The summed E-state index contributed by atoms with van der Waals surface area (Å²) in [6.45, 7) is 1.93. The molecule has 0 amide bonds. The molecule has 1 aromatic carbocycles. The maximum absolute atomic E-state index is 4.59. The highest BCUT2D eigenvalue weighted by molar-refractivity contribution is 5.80. The lowest BCUT2D eigenvalue weighted by atomic mass is 10.2. The van der Waals surface area contributed by atoms with Gasteiger partial charge >= 0.3 is 0 Å². The third-order valence-corrected chi connectivity index (χ3v) is 4.09. The van der Waals surface area contributed by atoms with Crippen LogP contribution < -0.4 is 5.32 Å². The van der Waals surface area contributed by atoms with Crippen LogP contribution >= 0.6 is 0 Å². The molecule has 0 aliphatic carbocycles. The molecule has 0 aliphatic heterocycles. The molecule has 5 aromatic rings. The lowest BCUT2D eigenvalue weighted by Crippen LogP contribution is -1.93. The second-order valence-electron chi connectivity index (χ2n) is 6.06. The number of fused-ring (bicyclic) bond motifs is 2. The zero-order valence-corrected chi connectivity index (χ0v) is 14.2. The highest BCUT2D eigenvalue weighted by atomic mass is 15.4. The largest absolute Gasteiger partial charge is 0.342 e. The van der Waals surface area contributed by atoms with Gasteiger partial charge in [0.15, 0.2) is 5.65 Å². The summed E-state index contributed by atoms with van der Waals surface area (Å²) in [6.07, 6.45) is 7.13. The number of hydrogen-bond donors (Lipinski definition) is 2. The predicted molar refractivity (Wildman–Crippen MR) is 97.1 cm³/mol. The number of imidazole rings is 1. The Bertz CT molecular complexity index is 1240. The molecule has 9 nitrogen and oxygen atoms in total. The van der Waals surface area contributed by atoms with Crippen molar-refractivity contribution in [2.75, 3.05) is 5.32 Å². The van der Waals surface area contributed by atoms with Gasteiger partial charge in [0, 0.05) is 36.9 Å². The summed E-state index contributed by atoms with van der Waals surface area (Å²) < 4.78 is 3.44. The van der Waals surface area contributed by atoms with Crippen LogP contribution in [-0.4, -0.2) is 39.3 Å². The molecule has 0 radical (unpaired) electrons. The van der Waals surface area contributed by atoms with Crippen LogP contribution in [0.4, 0.5) is 11.6 Å². The molecule has 9 heteroatoms. The van der Waals surface area contributed by atoms with E-state index in [1.165, 1.54) is 0 Å². The Morgan fingerprint density at radius 2 is 2.12 bits per heavy atom. The average Bonchev–Trinajstić information content (AvgIpc) is 3.31. The van der Waals surface area contributed by atoms with E-state index in [2.05, 4.69) is 35.5 Å². The van der Waals surface area contributed by atoms with Crippen molar-refractivity contribution in [3.63, 3.8) is 0 Å². The van der Waals surface area contributed by atoms with E-state index in [0.717, 1.165) is 33.8 Å². The van der Waals surface area contributed by atoms with Gasteiger partial charge in [0.1, 0.15) is 11.5 Å². The number of benzene rings is 1. The monoisotopic (exact) mass is 345 g/mol. The molecule has 0 aliphatic rings. The Hall–Kier alpha value is -3.75. The van der Waals surface area contributed by atoms with Crippen LogP contribution in [0.1, 0.15) is 5.82 Å². The van der Waals surface area contributed by atoms with Crippen LogP contribution in [0.25, 0.3) is 27.9 Å². The molecular formula is C17H15N9. The second kappa shape index (κ2) is 5.38. The molecule has 4 heterocycles. The number of aromatic nitrogens is 8. The van der Waals surface area contributed by atoms with Crippen molar-refractivity contribution >= 4 is 28.3 Å². The van der Waals surface area contributed by atoms with Crippen LogP contribution in [-0.2, 0) is 7.05 Å². The first-order valence-electron chi connectivity index (χ1n) is 8.09. The minimum Gasteiger partial charge on any atom is -0.342 e. The second-order valence-corrected chi connectivity index (χ2v) is 6.06. The van der Waals surface area contributed by atoms with Gasteiger partial charge < -0.3 is 10.3 Å². The Morgan fingerprint density at radius 1 is 1.19 bits per heavy atom. The minimum atomic E-state index is 0.495. The van der Waals surface area contributed by atoms with Crippen molar-refractivity contribution in [2.45, 2.75) is 6.92 Å². The van der Waals surface area contributed by atoms with E-state index in [1.807, 2.05) is 38.4 Å². The van der Waals surface area contributed by atoms with Gasteiger partial charge in [-0.1, -0.05) is 0 Å². The molecule has 2 N–H and O–H groups in total. The molecule has 0 atom stereocenters. The first-order valence-corrected chi connectivity index (χ1v) is 8.09. The van der Waals surface area contributed by atoms with Crippen LogP contribution in [0.2, 0.25) is 0 Å². The van der Waals surface area contributed by atoms with Gasteiger partial charge in [0.05, 0.1) is 17.2 Å². The molecule has 0 saturated heterocycles. The van der Waals surface area contributed by atoms with Crippen LogP contribution in [0.5, 0.6) is 0 Å². The summed E-state index contributed by atoms with van der Waals surface area (Å²) in [4.78, 5) is 16.7. The summed E-state index contributed by atoms with van der Waals surface area (Å²) in [5.41, 5.74) is 5.06. The Labute approximate surface area is 147 Å². The molecule has 0 unspecified atom stereocenters. The highest BCUT2D eigenvalue weighted by Gasteiger charge is 2.13. The summed E-state index contributed by atoms with van der Waals surface area (Å²) >= 11 is 0. The smallest absolute Gasteiger partial charge is 0.247 e. The van der Waals surface area contributed by atoms with Gasteiger partial charge in [-0.3, -0.25) is 9.67 Å². The molecule has 0 spiro atoms. The quantitative estimate of drug-likeness (QED) is 0.521. The number of hydrogen-bond acceptors (Lipinski definition) is 6. The lowest BCUT2D eigenvalue weighted by molar-refractivity contribution is 0.768. The number of aryl methyl sites for hydroxylation is 2. The van der Waals surface area contributed by atoms with E-state index in [9.17, 15) is 0 Å². The van der Waals surface area contributed by atoms with Gasteiger partial charge in [-0.2, -0.15) is 10.1 Å². The number of aromatic amines is 1. The van der Waals surface area contributed by atoms with Gasteiger partial charge in [0.25, 0.3) is 0 Å². The van der Waals surface area contributed by atoms with Crippen molar-refractivity contribution in [2.24, 2.45) is 7.05 Å². The van der Waals surface area contributed by atoms with Gasteiger partial charge in [-0.25, -0.2) is 9.50 Å². The molecule has 5 rings (SSSR count). The molecule has 0 bridgehead atoms. The fraction of sp³-hybridized carbons (Fsp3) is 0.118.